The summed E-state index contributed by atoms with van der Waals surface area (Å²) in [6, 6.07) is 13.2. The summed E-state index contributed by atoms with van der Waals surface area (Å²) < 4.78 is 5.15. The number of aromatic nitrogens is 2. The van der Waals surface area contributed by atoms with E-state index in [1.807, 2.05) is 31.2 Å². The number of nitrogens with zero attached hydrogens (tertiary/aromatic N) is 2. The van der Waals surface area contributed by atoms with E-state index in [0.29, 0.717) is 23.1 Å². The Kier molecular flexibility index (Phi) is 6.45. The van der Waals surface area contributed by atoms with E-state index in [-0.39, 0.29) is 11.6 Å². The van der Waals surface area contributed by atoms with Crippen molar-refractivity contribution < 1.29 is 9.53 Å². The van der Waals surface area contributed by atoms with E-state index >= 15 is 0 Å². The number of hydrogen-bond acceptors (Lipinski definition) is 5. The lowest BCUT2D eigenvalue weighted by molar-refractivity contribution is 0.102. The Morgan fingerprint density at radius 3 is 2.54 bits per heavy atom. The molecule has 0 fully saturated rings. The van der Waals surface area contributed by atoms with Crippen LogP contribution in [0.15, 0.2) is 54.9 Å². The molecule has 7 heteroatoms. The summed E-state index contributed by atoms with van der Waals surface area (Å²) in [4.78, 5) is 20.8. The molecule has 0 radical (unpaired) electrons. The lowest BCUT2D eigenvalue weighted by Crippen LogP contribution is -2.15. The van der Waals surface area contributed by atoms with Crippen LogP contribution in [0.25, 0.3) is 0 Å². The third kappa shape index (κ3) is 5.20. The van der Waals surface area contributed by atoms with Gasteiger partial charge in [0.1, 0.15) is 17.3 Å². The molecule has 2 N–H and O–H groups in total. The van der Waals surface area contributed by atoms with E-state index in [1.54, 1.807) is 31.5 Å². The number of carbonyl (C=O) groups excluding carboxylic acids is 1. The Morgan fingerprint density at radius 2 is 1.89 bits per heavy atom. The van der Waals surface area contributed by atoms with Crippen molar-refractivity contribution in [2.45, 2.75) is 13.3 Å². The number of benzene rings is 2. The van der Waals surface area contributed by atoms with Gasteiger partial charge in [-0.05, 0) is 54.8 Å². The Hall–Kier alpha value is -3.12. The van der Waals surface area contributed by atoms with Crippen molar-refractivity contribution in [2.24, 2.45) is 0 Å². The minimum atomic E-state index is -0.317. The molecule has 1 amide bonds. The third-order valence-corrected chi connectivity index (χ3v) is 4.44. The molecule has 0 aliphatic rings. The average molecular weight is 397 g/mol. The maximum absolute atomic E-state index is 12.3. The van der Waals surface area contributed by atoms with Gasteiger partial charge in [0.15, 0.2) is 0 Å². The van der Waals surface area contributed by atoms with Gasteiger partial charge in [0, 0.05) is 17.3 Å². The van der Waals surface area contributed by atoms with Crippen LogP contribution in [0.1, 0.15) is 21.6 Å². The summed E-state index contributed by atoms with van der Waals surface area (Å²) in [5, 5.41) is 6.64. The van der Waals surface area contributed by atoms with Gasteiger partial charge in [0.2, 0.25) is 0 Å². The van der Waals surface area contributed by atoms with Crippen LogP contribution in [0.5, 0.6) is 5.75 Å². The minimum Gasteiger partial charge on any atom is -0.497 e. The predicted octanol–water partition coefficient (Wildman–Crippen LogP) is 4.35. The van der Waals surface area contributed by atoms with Crippen LogP contribution in [0, 0.1) is 6.92 Å². The second-order valence-corrected chi connectivity index (χ2v) is 6.66. The number of amides is 1. The molecule has 3 rings (SSSR count). The number of rotatable bonds is 7. The zero-order valence-corrected chi connectivity index (χ0v) is 16.5. The smallest absolute Gasteiger partial charge is 0.275 e. The molecule has 0 saturated carbocycles. The van der Waals surface area contributed by atoms with E-state index in [4.69, 9.17) is 16.3 Å². The molecule has 0 saturated heterocycles. The van der Waals surface area contributed by atoms with Gasteiger partial charge in [-0.25, -0.2) is 9.97 Å². The Labute approximate surface area is 168 Å². The molecule has 1 heterocycles. The molecule has 144 valence electrons. The van der Waals surface area contributed by atoms with Gasteiger partial charge >= 0.3 is 0 Å². The third-order valence-electron chi connectivity index (χ3n) is 4.20. The number of halogens is 1. The van der Waals surface area contributed by atoms with Crippen LogP contribution in [-0.4, -0.2) is 29.5 Å². The van der Waals surface area contributed by atoms with Crippen molar-refractivity contribution in [3.8, 4) is 5.75 Å². The van der Waals surface area contributed by atoms with E-state index in [0.717, 1.165) is 17.7 Å². The maximum atomic E-state index is 12.3. The van der Waals surface area contributed by atoms with Crippen LogP contribution in [0.3, 0.4) is 0 Å². The number of aryl methyl sites for hydroxylation is 1. The molecular weight excluding hydrogens is 376 g/mol. The number of carbonyl (C=O) groups is 1. The van der Waals surface area contributed by atoms with E-state index < -0.39 is 0 Å². The number of nitrogens with one attached hydrogen (secondary N) is 2. The normalized spacial score (nSPS) is 10.4. The lowest BCUT2D eigenvalue weighted by Gasteiger charge is -2.09. The van der Waals surface area contributed by atoms with Gasteiger partial charge in [-0.1, -0.05) is 23.7 Å². The first-order chi connectivity index (χ1) is 13.5. The van der Waals surface area contributed by atoms with Crippen LogP contribution in [0.2, 0.25) is 5.02 Å². The molecule has 0 aliphatic heterocycles. The fraction of sp³-hybridized carbons (Fsp3) is 0.190. The van der Waals surface area contributed by atoms with Gasteiger partial charge < -0.3 is 15.4 Å². The lowest BCUT2D eigenvalue weighted by atomic mass is 10.1. The fourth-order valence-corrected chi connectivity index (χ4v) is 2.84. The number of ether oxygens (including phenoxy) is 1. The minimum absolute atomic E-state index is 0.245. The molecule has 0 aliphatic carbocycles. The van der Waals surface area contributed by atoms with Gasteiger partial charge in [-0.15, -0.1) is 0 Å². The average Bonchev–Trinajstić information content (AvgIpc) is 2.71. The highest BCUT2D eigenvalue weighted by Crippen LogP contribution is 2.20. The highest BCUT2D eigenvalue weighted by atomic mass is 35.5. The fourth-order valence-electron chi connectivity index (χ4n) is 2.62. The van der Waals surface area contributed by atoms with Crippen molar-refractivity contribution in [3.63, 3.8) is 0 Å². The highest BCUT2D eigenvalue weighted by molar-refractivity contribution is 6.30. The van der Waals surface area contributed by atoms with Crippen molar-refractivity contribution >= 4 is 29.0 Å². The van der Waals surface area contributed by atoms with Crippen LogP contribution >= 0.6 is 11.6 Å². The van der Waals surface area contributed by atoms with Gasteiger partial charge in [-0.2, -0.15) is 0 Å². The number of hydrogen-bond donors (Lipinski definition) is 2. The summed E-state index contributed by atoms with van der Waals surface area (Å²) in [5.41, 5.74) is 3.01. The van der Waals surface area contributed by atoms with Gasteiger partial charge in [0.05, 0.1) is 19.5 Å². The summed E-state index contributed by atoms with van der Waals surface area (Å²) in [7, 11) is 1.65. The van der Waals surface area contributed by atoms with Crippen LogP contribution in [-0.2, 0) is 6.42 Å². The molecule has 0 unspecified atom stereocenters. The van der Waals surface area contributed by atoms with Crippen molar-refractivity contribution in [3.05, 3.63) is 76.7 Å². The zero-order chi connectivity index (χ0) is 19.9. The first kappa shape index (κ1) is 19.6. The summed E-state index contributed by atoms with van der Waals surface area (Å²) in [6.45, 7) is 2.58. The van der Waals surface area contributed by atoms with Crippen molar-refractivity contribution in [1.82, 2.24) is 9.97 Å². The molecule has 1 aromatic heterocycles. The summed E-state index contributed by atoms with van der Waals surface area (Å²) in [6.07, 6.45) is 3.84. The second-order valence-electron chi connectivity index (χ2n) is 6.23. The molecule has 6 nitrogen and oxygen atoms in total. The molecular formula is C21H21ClN4O2. The van der Waals surface area contributed by atoms with Crippen LogP contribution in [0.4, 0.5) is 11.5 Å². The Balaban J connectivity index is 1.53. The topological polar surface area (TPSA) is 76.1 Å². The van der Waals surface area contributed by atoms with E-state index in [1.165, 1.54) is 11.8 Å². The standard InChI is InChI=1S/C21H21ClN4O2/c1-14-11-16(22)5-8-18(14)26-21(27)19-12-25-20(13-24-19)23-10-9-15-3-6-17(28-2)7-4-15/h3-8,11-13H,9-10H2,1-2H3,(H,23,25)(H,26,27). The highest BCUT2D eigenvalue weighted by Gasteiger charge is 2.10. The summed E-state index contributed by atoms with van der Waals surface area (Å²) in [5.74, 6) is 1.14. The quantitative estimate of drug-likeness (QED) is 0.620. The SMILES string of the molecule is COc1ccc(CCNc2cnc(C(=O)Nc3ccc(Cl)cc3C)cn2)cc1. The Bertz CT molecular complexity index is 944. The summed E-state index contributed by atoms with van der Waals surface area (Å²) >= 11 is 5.93. The molecule has 0 atom stereocenters. The molecule has 28 heavy (non-hydrogen) atoms. The van der Waals surface area contributed by atoms with Gasteiger partial charge in [0.25, 0.3) is 5.91 Å². The molecule has 3 aromatic rings. The van der Waals surface area contributed by atoms with Crippen molar-refractivity contribution in [2.75, 3.05) is 24.3 Å². The molecule has 0 bridgehead atoms. The zero-order valence-electron chi connectivity index (χ0n) is 15.7. The monoisotopic (exact) mass is 396 g/mol. The number of methoxy groups -OCH3 is 1. The predicted molar refractivity (Wildman–Crippen MR) is 111 cm³/mol. The molecule has 0 spiro atoms. The van der Waals surface area contributed by atoms with Crippen molar-refractivity contribution in [1.29, 1.82) is 0 Å². The second kappa shape index (κ2) is 9.19. The van der Waals surface area contributed by atoms with Gasteiger partial charge in [-0.3, -0.25) is 4.79 Å². The van der Waals surface area contributed by atoms with Crippen LogP contribution < -0.4 is 15.4 Å². The first-order valence-electron chi connectivity index (χ1n) is 8.81. The maximum Gasteiger partial charge on any atom is 0.275 e. The van der Waals surface area contributed by atoms with E-state index in [9.17, 15) is 4.79 Å². The van der Waals surface area contributed by atoms with E-state index in [2.05, 4.69) is 20.6 Å². The largest absolute Gasteiger partial charge is 0.497 e. The number of anilines is 2. The Morgan fingerprint density at radius 1 is 1.11 bits per heavy atom. The molecule has 2 aromatic carbocycles. The first-order valence-corrected chi connectivity index (χ1v) is 9.19.